The standard InChI is InChI=1S/C48H31NS.C4H8.C2H6/c1-2-11-32(12-3-1)33-23-25-34(26-24-33)35-13-8-14-36(29-35)37-27-28-47-44(31-37)43-20-10-19-40(48(43)50-47)38-15-9-16-39(30-38)49-45-21-6-4-17-41(45)42-18-5-7-22-46(42)49;1-3-4-2;1-2/h1-31H;3-4H,1-2H3;1-2H3/b;4-3-;. The number of hydrogen-bond acceptors (Lipinski definition) is 1. The van der Waals surface area contributed by atoms with E-state index < -0.39 is 0 Å². The van der Waals surface area contributed by atoms with E-state index in [2.05, 4.69) is 193 Å². The molecule has 0 bridgehead atoms. The molecule has 1 nitrogen and oxygen atoms in total. The Hall–Kier alpha value is -6.48. The molecule has 2 heteroatoms. The quantitative estimate of drug-likeness (QED) is 0.155. The lowest BCUT2D eigenvalue weighted by atomic mass is 9.96. The molecule has 0 aliphatic heterocycles. The van der Waals surface area contributed by atoms with Gasteiger partial charge in [-0.2, -0.15) is 0 Å². The summed E-state index contributed by atoms with van der Waals surface area (Å²) in [6.45, 7) is 8.00. The molecule has 0 atom stereocenters. The molecule has 272 valence electrons. The molecule has 0 fully saturated rings. The SMILES string of the molecule is C/C=C\C.CC.c1ccc(-c2ccc(-c3cccc(-c4ccc5sc6c(-c7cccc(-n8c9ccccc9c9ccccc98)c7)cccc6c5c4)c3)cc2)cc1. The second-order valence-electron chi connectivity index (χ2n) is 13.6. The van der Waals surface area contributed by atoms with Crippen LogP contribution in [0, 0.1) is 0 Å². The first-order chi connectivity index (χ1) is 27.7. The lowest BCUT2D eigenvalue weighted by Gasteiger charge is -2.11. The van der Waals surface area contributed by atoms with Gasteiger partial charge in [0.2, 0.25) is 0 Å². The van der Waals surface area contributed by atoms with Crippen molar-refractivity contribution in [1.82, 2.24) is 4.57 Å². The Balaban J connectivity index is 0.000000694. The Morgan fingerprint density at radius 1 is 0.375 bits per heavy atom. The van der Waals surface area contributed by atoms with Gasteiger partial charge in [-0.05, 0) is 101 Å². The molecule has 56 heavy (non-hydrogen) atoms. The van der Waals surface area contributed by atoms with Gasteiger partial charge in [0.15, 0.2) is 0 Å². The smallest absolute Gasteiger partial charge is 0.0541 e. The van der Waals surface area contributed by atoms with Gasteiger partial charge in [-0.15, -0.1) is 11.3 Å². The van der Waals surface area contributed by atoms with Crippen molar-refractivity contribution in [2.45, 2.75) is 27.7 Å². The molecular formula is C54H45NS. The van der Waals surface area contributed by atoms with Gasteiger partial charge in [0.1, 0.15) is 0 Å². The first-order valence-corrected chi connectivity index (χ1v) is 20.4. The second-order valence-corrected chi connectivity index (χ2v) is 14.7. The Bertz CT molecular complexity index is 2880. The minimum absolute atomic E-state index is 1.18. The molecule has 10 aromatic rings. The second kappa shape index (κ2) is 16.5. The van der Waals surface area contributed by atoms with E-state index in [9.17, 15) is 0 Å². The average molecular weight is 740 g/mol. The summed E-state index contributed by atoms with van der Waals surface area (Å²) < 4.78 is 5.03. The minimum Gasteiger partial charge on any atom is -0.309 e. The number of hydrogen-bond donors (Lipinski definition) is 0. The van der Waals surface area contributed by atoms with Crippen molar-refractivity contribution in [2.24, 2.45) is 0 Å². The van der Waals surface area contributed by atoms with Crippen LogP contribution in [0.1, 0.15) is 27.7 Å². The first-order valence-electron chi connectivity index (χ1n) is 19.6. The number of fused-ring (bicyclic) bond motifs is 6. The Labute approximate surface area is 334 Å². The highest BCUT2D eigenvalue weighted by atomic mass is 32.1. The zero-order valence-electron chi connectivity index (χ0n) is 32.4. The van der Waals surface area contributed by atoms with Crippen molar-refractivity contribution in [1.29, 1.82) is 0 Å². The summed E-state index contributed by atoms with van der Waals surface area (Å²) in [4.78, 5) is 0. The van der Waals surface area contributed by atoms with E-state index in [1.807, 2.05) is 51.2 Å². The van der Waals surface area contributed by atoms with Crippen LogP contribution in [0.25, 0.3) is 92.2 Å². The number of thiophene rings is 1. The zero-order valence-corrected chi connectivity index (χ0v) is 33.2. The molecule has 0 amide bonds. The highest BCUT2D eigenvalue weighted by molar-refractivity contribution is 7.26. The third-order valence-corrected chi connectivity index (χ3v) is 11.6. The number of benzene rings is 8. The van der Waals surface area contributed by atoms with Gasteiger partial charge in [-0.25, -0.2) is 0 Å². The van der Waals surface area contributed by atoms with Crippen molar-refractivity contribution >= 4 is 53.3 Å². The normalized spacial score (nSPS) is 11.1. The molecule has 0 unspecified atom stereocenters. The van der Waals surface area contributed by atoms with Gasteiger partial charge in [0.05, 0.1) is 11.0 Å². The molecule has 2 heterocycles. The maximum absolute atomic E-state index is 2.40. The van der Waals surface area contributed by atoms with Crippen LogP contribution in [0.3, 0.4) is 0 Å². The van der Waals surface area contributed by atoms with Gasteiger partial charge >= 0.3 is 0 Å². The Morgan fingerprint density at radius 2 is 0.857 bits per heavy atom. The molecule has 8 aromatic carbocycles. The van der Waals surface area contributed by atoms with Crippen molar-refractivity contribution in [3.8, 4) is 50.2 Å². The Morgan fingerprint density at radius 3 is 1.54 bits per heavy atom. The maximum Gasteiger partial charge on any atom is 0.0541 e. The van der Waals surface area contributed by atoms with Gasteiger partial charge in [-0.3, -0.25) is 0 Å². The molecule has 0 radical (unpaired) electrons. The summed E-state index contributed by atoms with van der Waals surface area (Å²) in [6, 6.07) is 68.6. The molecule has 0 saturated heterocycles. The predicted molar refractivity (Wildman–Crippen MR) is 247 cm³/mol. The lowest BCUT2D eigenvalue weighted by Crippen LogP contribution is -1.94. The highest BCUT2D eigenvalue weighted by Crippen LogP contribution is 2.42. The fourth-order valence-electron chi connectivity index (χ4n) is 7.58. The van der Waals surface area contributed by atoms with E-state index in [0.717, 1.165) is 0 Å². The molecule has 0 spiro atoms. The topological polar surface area (TPSA) is 4.93 Å². The van der Waals surface area contributed by atoms with Gasteiger partial charge < -0.3 is 4.57 Å². The fraction of sp³-hybridized carbons (Fsp3) is 0.0741. The van der Waals surface area contributed by atoms with Gasteiger partial charge in [0, 0.05) is 36.6 Å². The van der Waals surface area contributed by atoms with Crippen molar-refractivity contribution in [3.05, 3.63) is 200 Å². The summed E-state index contributed by atoms with van der Waals surface area (Å²) in [7, 11) is 0. The summed E-state index contributed by atoms with van der Waals surface area (Å²) >= 11 is 1.89. The van der Waals surface area contributed by atoms with Crippen molar-refractivity contribution < 1.29 is 0 Å². The lowest BCUT2D eigenvalue weighted by molar-refractivity contribution is 1.18. The highest BCUT2D eigenvalue weighted by Gasteiger charge is 2.15. The third-order valence-electron chi connectivity index (χ3n) is 10.3. The molecule has 0 aliphatic carbocycles. The van der Waals surface area contributed by atoms with E-state index in [1.165, 1.54) is 92.2 Å². The monoisotopic (exact) mass is 739 g/mol. The van der Waals surface area contributed by atoms with Crippen LogP contribution in [0.5, 0.6) is 0 Å². The van der Waals surface area contributed by atoms with Crippen LogP contribution in [-0.4, -0.2) is 4.57 Å². The zero-order chi connectivity index (χ0) is 38.4. The molecule has 2 aromatic heterocycles. The van der Waals surface area contributed by atoms with Gasteiger partial charge in [-0.1, -0.05) is 172 Å². The summed E-state index contributed by atoms with van der Waals surface area (Å²) in [5.41, 5.74) is 13.5. The average Bonchev–Trinajstić information content (AvgIpc) is 3.83. The summed E-state index contributed by atoms with van der Waals surface area (Å²) in [5, 5.41) is 5.17. The van der Waals surface area contributed by atoms with Crippen LogP contribution >= 0.6 is 11.3 Å². The van der Waals surface area contributed by atoms with E-state index in [1.54, 1.807) is 0 Å². The van der Waals surface area contributed by atoms with E-state index in [4.69, 9.17) is 0 Å². The van der Waals surface area contributed by atoms with Crippen LogP contribution in [0.15, 0.2) is 200 Å². The van der Waals surface area contributed by atoms with Crippen molar-refractivity contribution in [2.75, 3.05) is 0 Å². The first kappa shape index (κ1) is 36.5. The predicted octanol–water partition coefficient (Wildman–Crippen LogP) is 16.4. The van der Waals surface area contributed by atoms with Crippen LogP contribution in [-0.2, 0) is 0 Å². The fourth-order valence-corrected chi connectivity index (χ4v) is 8.80. The number of para-hydroxylation sites is 2. The van der Waals surface area contributed by atoms with Crippen molar-refractivity contribution in [3.63, 3.8) is 0 Å². The van der Waals surface area contributed by atoms with Crippen LogP contribution in [0.2, 0.25) is 0 Å². The molecule has 0 aliphatic rings. The third kappa shape index (κ3) is 6.96. The molecule has 0 saturated carbocycles. The number of allylic oxidation sites excluding steroid dienone is 2. The van der Waals surface area contributed by atoms with E-state index in [-0.39, 0.29) is 0 Å². The minimum atomic E-state index is 1.18. The van der Waals surface area contributed by atoms with Crippen LogP contribution < -0.4 is 0 Å². The Kier molecular flexibility index (Phi) is 10.7. The molecular weight excluding hydrogens is 695 g/mol. The largest absolute Gasteiger partial charge is 0.309 e. The molecule has 10 rings (SSSR count). The number of nitrogens with zero attached hydrogens (tertiary/aromatic N) is 1. The molecule has 0 N–H and O–H groups in total. The summed E-state index contributed by atoms with van der Waals surface area (Å²) in [6.07, 6.45) is 4.00. The number of aromatic nitrogens is 1. The van der Waals surface area contributed by atoms with Gasteiger partial charge in [0.25, 0.3) is 0 Å². The number of rotatable bonds is 5. The van der Waals surface area contributed by atoms with Crippen LogP contribution in [0.4, 0.5) is 0 Å². The maximum atomic E-state index is 2.40. The van der Waals surface area contributed by atoms with E-state index >= 15 is 0 Å². The summed E-state index contributed by atoms with van der Waals surface area (Å²) in [5.74, 6) is 0. The van der Waals surface area contributed by atoms with E-state index in [0.29, 0.717) is 0 Å².